The number of benzene rings is 1. The fourth-order valence-electron chi connectivity index (χ4n) is 2.53. The van der Waals surface area contributed by atoms with Gasteiger partial charge >= 0.3 is 0 Å². The Morgan fingerprint density at radius 3 is 2.90 bits per heavy atom. The number of aromatic nitrogens is 1. The second-order valence-electron chi connectivity index (χ2n) is 4.69. The van der Waals surface area contributed by atoms with Gasteiger partial charge < -0.3 is 10.1 Å². The van der Waals surface area contributed by atoms with Gasteiger partial charge in [-0.25, -0.2) is 4.98 Å². The standard InChI is InChI=1S/C16H15IN2O/c1-18-13-4-3-10-7-12(8-11(10)9-13)15-14(17)5-6-19-16(15)20-2/h3-7,9,18H,8H2,1-2H3. The van der Waals surface area contributed by atoms with Crippen LogP contribution in [0.3, 0.4) is 0 Å². The fourth-order valence-corrected chi connectivity index (χ4v) is 3.26. The molecule has 3 rings (SSSR count). The van der Waals surface area contributed by atoms with Crippen molar-refractivity contribution in [2.75, 3.05) is 19.5 Å². The van der Waals surface area contributed by atoms with E-state index in [4.69, 9.17) is 4.74 Å². The molecule has 1 N–H and O–H groups in total. The molecule has 1 aliphatic carbocycles. The summed E-state index contributed by atoms with van der Waals surface area (Å²) in [5.74, 6) is 0.699. The molecule has 1 aromatic heterocycles. The molecule has 0 fully saturated rings. The first kappa shape index (κ1) is 13.4. The summed E-state index contributed by atoms with van der Waals surface area (Å²) in [7, 11) is 3.61. The summed E-state index contributed by atoms with van der Waals surface area (Å²) < 4.78 is 6.58. The van der Waals surface area contributed by atoms with Gasteiger partial charge in [0.1, 0.15) is 0 Å². The van der Waals surface area contributed by atoms with Crippen molar-refractivity contribution in [3.8, 4) is 5.88 Å². The summed E-state index contributed by atoms with van der Waals surface area (Å²) in [6, 6.07) is 8.48. The van der Waals surface area contributed by atoms with Gasteiger partial charge in [-0.3, -0.25) is 0 Å². The van der Waals surface area contributed by atoms with E-state index >= 15 is 0 Å². The van der Waals surface area contributed by atoms with Crippen molar-refractivity contribution in [2.24, 2.45) is 0 Å². The van der Waals surface area contributed by atoms with Gasteiger partial charge in [0.25, 0.3) is 0 Å². The maximum absolute atomic E-state index is 5.41. The highest BCUT2D eigenvalue weighted by atomic mass is 127. The van der Waals surface area contributed by atoms with Crippen LogP contribution in [0.5, 0.6) is 5.88 Å². The molecule has 102 valence electrons. The van der Waals surface area contributed by atoms with Gasteiger partial charge in [0.15, 0.2) is 0 Å². The molecule has 4 heteroatoms. The van der Waals surface area contributed by atoms with Crippen molar-refractivity contribution in [3.63, 3.8) is 0 Å². The predicted molar refractivity (Wildman–Crippen MR) is 91.1 cm³/mol. The Labute approximate surface area is 132 Å². The van der Waals surface area contributed by atoms with Gasteiger partial charge in [0, 0.05) is 22.5 Å². The molecule has 2 aromatic rings. The van der Waals surface area contributed by atoms with Crippen LogP contribution in [0.1, 0.15) is 16.7 Å². The fraction of sp³-hybridized carbons (Fsp3) is 0.188. The van der Waals surface area contributed by atoms with Crippen LogP contribution in [0.25, 0.3) is 11.6 Å². The number of halogens is 1. The lowest BCUT2D eigenvalue weighted by atomic mass is 10.0. The highest BCUT2D eigenvalue weighted by Gasteiger charge is 2.20. The lowest BCUT2D eigenvalue weighted by Gasteiger charge is -2.10. The molecule has 0 atom stereocenters. The molecule has 0 aliphatic heterocycles. The number of anilines is 1. The van der Waals surface area contributed by atoms with E-state index in [1.165, 1.54) is 20.3 Å². The lowest BCUT2D eigenvalue weighted by molar-refractivity contribution is 0.396. The zero-order valence-electron chi connectivity index (χ0n) is 11.4. The molecule has 0 bridgehead atoms. The van der Waals surface area contributed by atoms with Crippen molar-refractivity contribution in [1.82, 2.24) is 4.98 Å². The summed E-state index contributed by atoms with van der Waals surface area (Å²) in [6.45, 7) is 0. The number of pyridine rings is 1. The van der Waals surface area contributed by atoms with Crippen LogP contribution in [0.4, 0.5) is 5.69 Å². The van der Waals surface area contributed by atoms with E-state index in [9.17, 15) is 0 Å². The molecule has 0 amide bonds. The van der Waals surface area contributed by atoms with Crippen molar-refractivity contribution < 1.29 is 4.74 Å². The summed E-state index contributed by atoms with van der Waals surface area (Å²) in [5, 5.41) is 3.18. The molecule has 1 aromatic carbocycles. The van der Waals surface area contributed by atoms with Gasteiger partial charge in [-0.15, -0.1) is 0 Å². The summed E-state index contributed by atoms with van der Waals surface area (Å²) >= 11 is 2.34. The molecule has 0 saturated heterocycles. The Morgan fingerprint density at radius 2 is 2.15 bits per heavy atom. The van der Waals surface area contributed by atoms with E-state index < -0.39 is 0 Å². The molecule has 1 heterocycles. The minimum Gasteiger partial charge on any atom is -0.481 e. The number of methoxy groups -OCH3 is 1. The number of ether oxygens (including phenoxy) is 1. The second-order valence-corrected chi connectivity index (χ2v) is 5.85. The van der Waals surface area contributed by atoms with Crippen LogP contribution in [0.2, 0.25) is 0 Å². The van der Waals surface area contributed by atoms with Crippen LogP contribution in [0, 0.1) is 3.57 Å². The van der Waals surface area contributed by atoms with Gasteiger partial charge in [0.2, 0.25) is 5.88 Å². The van der Waals surface area contributed by atoms with Crippen molar-refractivity contribution >= 4 is 39.9 Å². The number of nitrogens with one attached hydrogen (secondary N) is 1. The molecule has 0 unspecified atom stereocenters. The second kappa shape index (κ2) is 5.44. The van der Waals surface area contributed by atoms with Gasteiger partial charge in [-0.1, -0.05) is 12.1 Å². The van der Waals surface area contributed by atoms with Crippen molar-refractivity contribution in [1.29, 1.82) is 0 Å². The molecule has 0 spiro atoms. The minimum absolute atomic E-state index is 0.699. The SMILES string of the molecule is CNc1ccc2c(c1)CC(c1c(I)ccnc1OC)=C2. The van der Waals surface area contributed by atoms with Gasteiger partial charge in [-0.2, -0.15) is 0 Å². The molecular formula is C16H15IN2O. The predicted octanol–water partition coefficient (Wildman–Crippen LogP) is 3.83. The minimum atomic E-state index is 0.699. The smallest absolute Gasteiger partial charge is 0.221 e. The van der Waals surface area contributed by atoms with Gasteiger partial charge in [0.05, 0.1) is 12.7 Å². The molecular weight excluding hydrogens is 363 g/mol. The number of fused-ring (bicyclic) bond motifs is 1. The van der Waals surface area contributed by atoms with Crippen LogP contribution in [0.15, 0.2) is 30.5 Å². The van der Waals surface area contributed by atoms with Crippen molar-refractivity contribution in [2.45, 2.75) is 6.42 Å². The number of nitrogens with zero attached hydrogens (tertiary/aromatic N) is 1. The Bertz CT molecular complexity index is 695. The summed E-state index contributed by atoms with van der Waals surface area (Å²) in [4.78, 5) is 4.32. The zero-order chi connectivity index (χ0) is 14.1. The van der Waals surface area contributed by atoms with E-state index in [0.29, 0.717) is 5.88 Å². The molecule has 3 nitrogen and oxygen atoms in total. The number of allylic oxidation sites excluding steroid dienone is 1. The quantitative estimate of drug-likeness (QED) is 0.825. The molecule has 0 saturated carbocycles. The first-order valence-electron chi connectivity index (χ1n) is 6.43. The maximum Gasteiger partial charge on any atom is 0.221 e. The average molecular weight is 378 g/mol. The first-order chi connectivity index (χ1) is 9.72. The normalized spacial score (nSPS) is 12.8. The maximum atomic E-state index is 5.41. The van der Waals surface area contributed by atoms with E-state index in [2.05, 4.69) is 57.2 Å². The summed E-state index contributed by atoms with van der Waals surface area (Å²) in [6.07, 6.45) is 4.94. The monoisotopic (exact) mass is 378 g/mol. The van der Waals surface area contributed by atoms with Crippen molar-refractivity contribution in [3.05, 3.63) is 50.7 Å². The molecule has 0 radical (unpaired) electrons. The average Bonchev–Trinajstić information content (AvgIpc) is 2.88. The summed E-state index contributed by atoms with van der Waals surface area (Å²) in [5.41, 5.74) is 6.14. The largest absolute Gasteiger partial charge is 0.481 e. The highest BCUT2D eigenvalue weighted by molar-refractivity contribution is 14.1. The third-order valence-electron chi connectivity index (χ3n) is 3.52. The molecule has 1 aliphatic rings. The zero-order valence-corrected chi connectivity index (χ0v) is 13.6. The molecule has 20 heavy (non-hydrogen) atoms. The van der Waals surface area contributed by atoms with Crippen LogP contribution >= 0.6 is 22.6 Å². The number of rotatable bonds is 3. The number of hydrogen-bond donors (Lipinski definition) is 1. The third kappa shape index (κ3) is 2.28. The van der Waals surface area contributed by atoms with E-state index in [0.717, 1.165) is 17.7 Å². The Hall–Kier alpha value is -1.56. The van der Waals surface area contributed by atoms with Gasteiger partial charge in [-0.05, 0) is 63.9 Å². The Balaban J connectivity index is 2.03. The van der Waals surface area contributed by atoms with E-state index in [1.807, 2.05) is 13.1 Å². The topological polar surface area (TPSA) is 34.2 Å². The lowest BCUT2D eigenvalue weighted by Crippen LogP contribution is -1.98. The van der Waals surface area contributed by atoms with E-state index in [-0.39, 0.29) is 0 Å². The third-order valence-corrected chi connectivity index (χ3v) is 4.42. The van der Waals surface area contributed by atoms with E-state index in [1.54, 1.807) is 13.3 Å². The Morgan fingerprint density at radius 1 is 1.30 bits per heavy atom. The van der Waals surface area contributed by atoms with Crippen LogP contribution in [-0.2, 0) is 6.42 Å². The number of hydrogen-bond acceptors (Lipinski definition) is 3. The first-order valence-corrected chi connectivity index (χ1v) is 7.51. The Kier molecular flexibility index (Phi) is 3.65. The highest BCUT2D eigenvalue weighted by Crippen LogP contribution is 2.38. The van der Waals surface area contributed by atoms with Crippen LogP contribution < -0.4 is 10.1 Å². The van der Waals surface area contributed by atoms with Crippen LogP contribution in [-0.4, -0.2) is 19.1 Å².